The smallest absolute Gasteiger partial charge is 0.294 e. The van der Waals surface area contributed by atoms with E-state index in [0.717, 1.165) is 0 Å². The number of benzene rings is 1. The van der Waals surface area contributed by atoms with E-state index in [9.17, 15) is 19.7 Å². The highest BCUT2D eigenvalue weighted by atomic mass is 16.6. The molecule has 0 bridgehead atoms. The highest BCUT2D eigenvalue weighted by Gasteiger charge is 2.28. The maximum absolute atomic E-state index is 12.7. The molecule has 2 N–H and O–H groups in total. The Morgan fingerprint density at radius 1 is 1.36 bits per heavy atom. The van der Waals surface area contributed by atoms with Crippen molar-refractivity contribution in [3.05, 3.63) is 52.6 Å². The number of aromatic nitrogens is 2. The van der Waals surface area contributed by atoms with Crippen LogP contribution in [0.15, 0.2) is 36.9 Å². The van der Waals surface area contributed by atoms with Crippen LogP contribution in [0, 0.1) is 16.0 Å². The van der Waals surface area contributed by atoms with E-state index in [0.29, 0.717) is 25.1 Å². The van der Waals surface area contributed by atoms with Gasteiger partial charge in [-0.3, -0.25) is 19.7 Å². The summed E-state index contributed by atoms with van der Waals surface area (Å²) in [6.45, 7) is 0.741. The number of nitrogens with zero attached hydrogens (tertiary/aromatic N) is 4. The van der Waals surface area contributed by atoms with Crippen molar-refractivity contribution in [2.45, 2.75) is 12.8 Å². The van der Waals surface area contributed by atoms with Crippen LogP contribution in [0.25, 0.3) is 5.69 Å². The quantitative estimate of drug-likeness (QED) is 0.658. The number of nitro groups is 1. The lowest BCUT2D eigenvalue weighted by molar-refractivity contribution is -0.384. The lowest BCUT2D eigenvalue weighted by Gasteiger charge is -2.31. The summed E-state index contributed by atoms with van der Waals surface area (Å²) in [5, 5.41) is 11.4. The zero-order chi connectivity index (χ0) is 18.0. The number of primary amides is 1. The predicted octanol–water partition coefficient (Wildman–Crippen LogP) is 1.12. The summed E-state index contributed by atoms with van der Waals surface area (Å²) in [5.41, 5.74) is 5.68. The molecule has 2 aromatic rings. The van der Waals surface area contributed by atoms with Crippen molar-refractivity contribution in [2.24, 2.45) is 11.7 Å². The number of amides is 2. The van der Waals surface area contributed by atoms with Gasteiger partial charge in [-0.1, -0.05) is 0 Å². The standard InChI is InChI=1S/C16H17N5O4/c17-15(22)12-2-1-6-19(9-12)16(23)11-3-4-13(14(8-11)21(24)25)20-7-5-18-10-20/h3-5,7-8,10,12H,1-2,6,9H2,(H2,17,22). The number of hydrogen-bond donors (Lipinski definition) is 1. The number of rotatable bonds is 4. The van der Waals surface area contributed by atoms with Crippen LogP contribution in [0.4, 0.5) is 5.69 Å². The largest absolute Gasteiger partial charge is 0.369 e. The molecule has 1 aromatic heterocycles. The summed E-state index contributed by atoms with van der Waals surface area (Å²) >= 11 is 0. The number of likely N-dealkylation sites (tertiary alicyclic amines) is 1. The van der Waals surface area contributed by atoms with Gasteiger partial charge in [0, 0.05) is 37.1 Å². The fraction of sp³-hybridized carbons (Fsp3) is 0.312. The molecule has 3 rings (SSSR count). The van der Waals surface area contributed by atoms with Crippen LogP contribution in [0.1, 0.15) is 23.2 Å². The number of hydrogen-bond acceptors (Lipinski definition) is 5. The Morgan fingerprint density at radius 2 is 2.16 bits per heavy atom. The average Bonchev–Trinajstić information content (AvgIpc) is 3.15. The fourth-order valence-corrected chi connectivity index (χ4v) is 3.00. The molecule has 25 heavy (non-hydrogen) atoms. The molecule has 1 atom stereocenters. The molecule has 1 aliphatic heterocycles. The Balaban J connectivity index is 1.90. The van der Waals surface area contributed by atoms with Crippen molar-refractivity contribution in [1.82, 2.24) is 14.5 Å². The minimum Gasteiger partial charge on any atom is -0.369 e. The number of nitro benzene ring substituents is 1. The van der Waals surface area contributed by atoms with E-state index >= 15 is 0 Å². The molecule has 0 radical (unpaired) electrons. The van der Waals surface area contributed by atoms with Crippen LogP contribution >= 0.6 is 0 Å². The zero-order valence-electron chi connectivity index (χ0n) is 13.4. The van der Waals surface area contributed by atoms with E-state index in [4.69, 9.17) is 5.73 Å². The van der Waals surface area contributed by atoms with E-state index < -0.39 is 10.8 Å². The van der Waals surface area contributed by atoms with Gasteiger partial charge < -0.3 is 15.2 Å². The van der Waals surface area contributed by atoms with Crippen molar-refractivity contribution >= 4 is 17.5 Å². The molecule has 0 spiro atoms. The molecule has 9 heteroatoms. The van der Waals surface area contributed by atoms with Gasteiger partial charge in [0.1, 0.15) is 5.69 Å². The predicted molar refractivity (Wildman–Crippen MR) is 88.0 cm³/mol. The molecule has 1 aliphatic rings. The van der Waals surface area contributed by atoms with Gasteiger partial charge in [-0.25, -0.2) is 4.98 Å². The first kappa shape index (κ1) is 16.6. The second-order valence-electron chi connectivity index (χ2n) is 5.92. The first-order chi connectivity index (χ1) is 12.0. The highest BCUT2D eigenvalue weighted by Crippen LogP contribution is 2.26. The Bertz CT molecular complexity index is 818. The summed E-state index contributed by atoms with van der Waals surface area (Å²) in [7, 11) is 0. The third kappa shape index (κ3) is 3.35. The maximum atomic E-state index is 12.7. The second-order valence-corrected chi connectivity index (χ2v) is 5.92. The first-order valence-corrected chi connectivity index (χ1v) is 7.82. The second kappa shape index (κ2) is 6.71. The molecule has 0 saturated carbocycles. The van der Waals surface area contributed by atoms with Crippen molar-refractivity contribution < 1.29 is 14.5 Å². The van der Waals surface area contributed by atoms with Crippen LogP contribution in [-0.2, 0) is 4.79 Å². The molecular formula is C16H17N5O4. The van der Waals surface area contributed by atoms with Gasteiger partial charge in [0.05, 0.1) is 17.2 Å². The minimum atomic E-state index is -0.533. The molecule has 130 valence electrons. The van der Waals surface area contributed by atoms with Gasteiger partial charge in [0.15, 0.2) is 0 Å². The van der Waals surface area contributed by atoms with E-state index in [1.807, 2.05) is 0 Å². The SMILES string of the molecule is NC(=O)C1CCCN(C(=O)c2ccc(-n3ccnc3)c([N+](=O)[O-])c2)C1. The Labute approximate surface area is 143 Å². The molecule has 9 nitrogen and oxygen atoms in total. The molecule has 1 unspecified atom stereocenters. The fourth-order valence-electron chi connectivity index (χ4n) is 3.00. The number of carbonyl (C=O) groups excluding carboxylic acids is 2. The van der Waals surface area contributed by atoms with E-state index in [1.54, 1.807) is 12.3 Å². The summed E-state index contributed by atoms with van der Waals surface area (Å²) in [4.78, 5) is 40.3. The van der Waals surface area contributed by atoms with Gasteiger partial charge >= 0.3 is 0 Å². The number of piperidine rings is 1. The van der Waals surface area contributed by atoms with Crippen LogP contribution in [-0.4, -0.2) is 44.3 Å². The summed E-state index contributed by atoms with van der Waals surface area (Å²) in [6, 6.07) is 4.31. The minimum absolute atomic E-state index is 0.188. The van der Waals surface area contributed by atoms with E-state index in [2.05, 4.69) is 4.98 Å². The summed E-state index contributed by atoms with van der Waals surface area (Å²) in [6.07, 6.45) is 5.88. The zero-order valence-corrected chi connectivity index (χ0v) is 13.4. The molecular weight excluding hydrogens is 326 g/mol. The van der Waals surface area contributed by atoms with Gasteiger partial charge in [0.2, 0.25) is 5.91 Å². The lowest BCUT2D eigenvalue weighted by Crippen LogP contribution is -2.44. The molecule has 2 heterocycles. The van der Waals surface area contributed by atoms with Gasteiger partial charge in [-0.05, 0) is 25.0 Å². The average molecular weight is 343 g/mol. The number of imidazole rings is 1. The Hall–Kier alpha value is -3.23. The molecule has 0 aliphatic carbocycles. The van der Waals surface area contributed by atoms with Crippen LogP contribution < -0.4 is 5.73 Å². The Kier molecular flexibility index (Phi) is 4.46. The van der Waals surface area contributed by atoms with Crippen molar-refractivity contribution in [3.63, 3.8) is 0 Å². The molecule has 1 fully saturated rings. The van der Waals surface area contributed by atoms with Crippen molar-refractivity contribution in [2.75, 3.05) is 13.1 Å². The highest BCUT2D eigenvalue weighted by molar-refractivity contribution is 5.95. The van der Waals surface area contributed by atoms with Gasteiger partial charge in [-0.15, -0.1) is 0 Å². The molecule has 1 aromatic carbocycles. The summed E-state index contributed by atoms with van der Waals surface area (Å²) in [5.74, 6) is -1.15. The molecule has 2 amide bonds. The third-order valence-electron chi connectivity index (χ3n) is 4.31. The van der Waals surface area contributed by atoms with Crippen molar-refractivity contribution in [3.8, 4) is 5.69 Å². The van der Waals surface area contributed by atoms with E-state index in [-0.39, 0.29) is 29.6 Å². The van der Waals surface area contributed by atoms with Gasteiger partial charge in [-0.2, -0.15) is 0 Å². The maximum Gasteiger partial charge on any atom is 0.294 e. The third-order valence-corrected chi connectivity index (χ3v) is 4.31. The Morgan fingerprint density at radius 3 is 2.80 bits per heavy atom. The van der Waals surface area contributed by atoms with Crippen LogP contribution in [0.3, 0.4) is 0 Å². The lowest BCUT2D eigenvalue weighted by atomic mass is 9.97. The monoisotopic (exact) mass is 343 g/mol. The first-order valence-electron chi connectivity index (χ1n) is 7.82. The molecule has 1 saturated heterocycles. The number of nitrogens with two attached hydrogens (primary N) is 1. The van der Waals surface area contributed by atoms with Crippen LogP contribution in [0.2, 0.25) is 0 Å². The van der Waals surface area contributed by atoms with E-state index in [1.165, 1.54) is 34.1 Å². The van der Waals surface area contributed by atoms with Crippen molar-refractivity contribution in [1.29, 1.82) is 0 Å². The number of carbonyl (C=O) groups is 2. The topological polar surface area (TPSA) is 124 Å². The van der Waals surface area contributed by atoms with Gasteiger partial charge in [0.25, 0.3) is 11.6 Å². The normalized spacial score (nSPS) is 17.3. The van der Waals surface area contributed by atoms with Crippen LogP contribution in [0.5, 0.6) is 0 Å². The summed E-state index contributed by atoms with van der Waals surface area (Å²) < 4.78 is 1.51.